The standard InChI is InChI=1S/C13H26O3/c1-3-5-6-7-8-9-12(10-11-14)13(15)16-4-2/h12,14H,3-11H2,1-2H3. The van der Waals surface area contributed by atoms with Crippen molar-refractivity contribution in [2.75, 3.05) is 13.2 Å². The molecule has 0 rings (SSSR count). The molecular formula is C13H26O3. The molecule has 1 N–H and O–H groups in total. The Bertz CT molecular complexity index is 169. The minimum absolute atomic E-state index is 0.0679. The SMILES string of the molecule is CCCCCCCC(CCO)C(=O)OCC. The fourth-order valence-electron chi connectivity index (χ4n) is 1.79. The third kappa shape index (κ3) is 7.69. The van der Waals surface area contributed by atoms with Gasteiger partial charge in [-0.3, -0.25) is 4.79 Å². The van der Waals surface area contributed by atoms with Crippen LogP contribution in [0.2, 0.25) is 0 Å². The fraction of sp³-hybridized carbons (Fsp3) is 0.923. The van der Waals surface area contributed by atoms with E-state index in [4.69, 9.17) is 9.84 Å². The lowest BCUT2D eigenvalue weighted by Crippen LogP contribution is -2.19. The van der Waals surface area contributed by atoms with E-state index in [0.717, 1.165) is 12.8 Å². The number of rotatable bonds is 10. The highest BCUT2D eigenvalue weighted by Crippen LogP contribution is 2.16. The van der Waals surface area contributed by atoms with E-state index in [-0.39, 0.29) is 18.5 Å². The summed E-state index contributed by atoms with van der Waals surface area (Å²) in [5, 5.41) is 8.89. The summed E-state index contributed by atoms with van der Waals surface area (Å²) in [7, 11) is 0. The molecule has 0 aromatic rings. The van der Waals surface area contributed by atoms with Gasteiger partial charge in [0.2, 0.25) is 0 Å². The van der Waals surface area contributed by atoms with Crippen molar-refractivity contribution in [2.45, 2.75) is 58.8 Å². The van der Waals surface area contributed by atoms with Gasteiger partial charge in [0.25, 0.3) is 0 Å². The minimum Gasteiger partial charge on any atom is -0.466 e. The Morgan fingerprint density at radius 1 is 1.12 bits per heavy atom. The van der Waals surface area contributed by atoms with Gasteiger partial charge < -0.3 is 9.84 Å². The lowest BCUT2D eigenvalue weighted by atomic mass is 9.97. The molecule has 0 bridgehead atoms. The minimum atomic E-state index is -0.146. The van der Waals surface area contributed by atoms with Gasteiger partial charge in [-0.2, -0.15) is 0 Å². The predicted octanol–water partition coefficient (Wildman–Crippen LogP) is 2.91. The Hall–Kier alpha value is -0.570. The van der Waals surface area contributed by atoms with Gasteiger partial charge in [-0.25, -0.2) is 0 Å². The molecule has 0 heterocycles. The van der Waals surface area contributed by atoms with E-state index in [2.05, 4.69) is 6.92 Å². The first-order chi connectivity index (χ1) is 7.76. The first-order valence-electron chi connectivity index (χ1n) is 6.53. The van der Waals surface area contributed by atoms with Crippen molar-refractivity contribution in [3.05, 3.63) is 0 Å². The second kappa shape index (κ2) is 10.9. The highest BCUT2D eigenvalue weighted by atomic mass is 16.5. The highest BCUT2D eigenvalue weighted by molar-refractivity contribution is 5.72. The summed E-state index contributed by atoms with van der Waals surface area (Å²) in [4.78, 5) is 11.5. The quantitative estimate of drug-likeness (QED) is 0.463. The van der Waals surface area contributed by atoms with Crippen LogP contribution in [0.1, 0.15) is 58.8 Å². The van der Waals surface area contributed by atoms with E-state index in [9.17, 15) is 4.79 Å². The zero-order valence-electron chi connectivity index (χ0n) is 10.7. The van der Waals surface area contributed by atoms with Crippen molar-refractivity contribution < 1.29 is 14.6 Å². The molecule has 16 heavy (non-hydrogen) atoms. The van der Waals surface area contributed by atoms with Gasteiger partial charge in [-0.15, -0.1) is 0 Å². The molecule has 0 saturated heterocycles. The van der Waals surface area contributed by atoms with Gasteiger partial charge in [0.1, 0.15) is 0 Å². The van der Waals surface area contributed by atoms with Gasteiger partial charge in [0, 0.05) is 6.61 Å². The van der Waals surface area contributed by atoms with E-state index in [1.807, 2.05) is 6.92 Å². The van der Waals surface area contributed by atoms with Crippen molar-refractivity contribution in [3.63, 3.8) is 0 Å². The van der Waals surface area contributed by atoms with Gasteiger partial charge in [0.15, 0.2) is 0 Å². The zero-order chi connectivity index (χ0) is 12.2. The summed E-state index contributed by atoms with van der Waals surface area (Å²) in [5.74, 6) is -0.251. The van der Waals surface area contributed by atoms with Crippen LogP contribution in [0.4, 0.5) is 0 Å². The number of hydrogen-bond donors (Lipinski definition) is 1. The van der Waals surface area contributed by atoms with Gasteiger partial charge in [-0.05, 0) is 19.8 Å². The van der Waals surface area contributed by atoms with Crippen LogP contribution in [-0.4, -0.2) is 24.3 Å². The molecule has 0 radical (unpaired) electrons. The first-order valence-corrected chi connectivity index (χ1v) is 6.53. The largest absolute Gasteiger partial charge is 0.466 e. The molecule has 0 saturated carbocycles. The van der Waals surface area contributed by atoms with Crippen LogP contribution >= 0.6 is 0 Å². The molecule has 1 atom stereocenters. The van der Waals surface area contributed by atoms with Gasteiger partial charge in [0.05, 0.1) is 12.5 Å². The topological polar surface area (TPSA) is 46.5 Å². The predicted molar refractivity (Wildman–Crippen MR) is 65.2 cm³/mol. The van der Waals surface area contributed by atoms with Crippen LogP contribution in [0, 0.1) is 5.92 Å². The number of carbonyl (C=O) groups excluding carboxylic acids is 1. The van der Waals surface area contributed by atoms with Crippen LogP contribution in [0.5, 0.6) is 0 Å². The lowest BCUT2D eigenvalue weighted by molar-refractivity contribution is -0.148. The van der Waals surface area contributed by atoms with E-state index in [1.54, 1.807) is 0 Å². The van der Waals surface area contributed by atoms with Crippen LogP contribution in [0.3, 0.4) is 0 Å². The molecule has 0 aliphatic rings. The Morgan fingerprint density at radius 2 is 1.81 bits per heavy atom. The third-order valence-corrected chi connectivity index (χ3v) is 2.75. The lowest BCUT2D eigenvalue weighted by Gasteiger charge is -2.13. The Balaban J connectivity index is 3.71. The summed E-state index contributed by atoms with van der Waals surface area (Å²) in [6, 6.07) is 0. The molecule has 0 amide bonds. The van der Waals surface area contributed by atoms with Gasteiger partial charge >= 0.3 is 5.97 Å². The third-order valence-electron chi connectivity index (χ3n) is 2.75. The van der Waals surface area contributed by atoms with Crippen molar-refractivity contribution >= 4 is 5.97 Å². The Kier molecular flexibility index (Phi) is 10.5. The number of unbranched alkanes of at least 4 members (excludes halogenated alkanes) is 4. The molecule has 0 aliphatic heterocycles. The average molecular weight is 230 g/mol. The van der Waals surface area contributed by atoms with Crippen LogP contribution in [-0.2, 0) is 9.53 Å². The van der Waals surface area contributed by atoms with Crippen LogP contribution in [0.25, 0.3) is 0 Å². The summed E-state index contributed by atoms with van der Waals surface area (Å²) >= 11 is 0. The van der Waals surface area contributed by atoms with Crippen molar-refractivity contribution in [1.82, 2.24) is 0 Å². The zero-order valence-corrected chi connectivity index (χ0v) is 10.7. The second-order valence-corrected chi connectivity index (χ2v) is 4.16. The smallest absolute Gasteiger partial charge is 0.309 e. The molecule has 96 valence electrons. The molecule has 0 fully saturated rings. The van der Waals surface area contributed by atoms with Gasteiger partial charge in [-0.1, -0.05) is 39.0 Å². The summed E-state index contributed by atoms with van der Waals surface area (Å²) in [6.07, 6.45) is 7.36. The molecule has 0 aromatic carbocycles. The highest BCUT2D eigenvalue weighted by Gasteiger charge is 2.18. The maximum Gasteiger partial charge on any atom is 0.309 e. The number of esters is 1. The molecule has 0 spiro atoms. The number of aliphatic hydroxyl groups is 1. The number of aliphatic hydroxyl groups excluding tert-OH is 1. The Morgan fingerprint density at radius 3 is 2.38 bits per heavy atom. The molecule has 3 nitrogen and oxygen atoms in total. The normalized spacial score (nSPS) is 12.4. The maximum absolute atomic E-state index is 11.5. The molecule has 0 aliphatic carbocycles. The molecule has 1 unspecified atom stereocenters. The van der Waals surface area contributed by atoms with E-state index >= 15 is 0 Å². The van der Waals surface area contributed by atoms with Crippen molar-refractivity contribution in [3.8, 4) is 0 Å². The summed E-state index contributed by atoms with van der Waals surface area (Å²) < 4.78 is 4.98. The molecule has 3 heteroatoms. The van der Waals surface area contributed by atoms with Crippen molar-refractivity contribution in [2.24, 2.45) is 5.92 Å². The van der Waals surface area contributed by atoms with Crippen LogP contribution < -0.4 is 0 Å². The van der Waals surface area contributed by atoms with Crippen molar-refractivity contribution in [1.29, 1.82) is 0 Å². The fourth-order valence-corrected chi connectivity index (χ4v) is 1.79. The summed E-state index contributed by atoms with van der Waals surface area (Å²) in [6.45, 7) is 4.50. The summed E-state index contributed by atoms with van der Waals surface area (Å²) in [5.41, 5.74) is 0. The number of ether oxygens (including phenoxy) is 1. The van der Waals surface area contributed by atoms with E-state index in [0.29, 0.717) is 13.0 Å². The molecule has 0 aromatic heterocycles. The van der Waals surface area contributed by atoms with Crippen LogP contribution in [0.15, 0.2) is 0 Å². The second-order valence-electron chi connectivity index (χ2n) is 4.16. The average Bonchev–Trinajstić information content (AvgIpc) is 2.27. The first kappa shape index (κ1) is 15.4. The monoisotopic (exact) mass is 230 g/mol. The van der Waals surface area contributed by atoms with E-state index in [1.165, 1.54) is 25.7 Å². The maximum atomic E-state index is 11.5. The number of hydrogen-bond acceptors (Lipinski definition) is 3. The molecular weight excluding hydrogens is 204 g/mol. The Labute approximate surface area is 99.2 Å². The number of carbonyl (C=O) groups is 1. The van der Waals surface area contributed by atoms with E-state index < -0.39 is 0 Å².